The van der Waals surface area contributed by atoms with Gasteiger partial charge in [-0.1, -0.05) is 0 Å². The Hall–Kier alpha value is -0.920. The highest BCUT2D eigenvalue weighted by atomic mass is 32.2. The number of halogens is 3. The van der Waals surface area contributed by atoms with Crippen LogP contribution in [0, 0.1) is 0 Å². The van der Waals surface area contributed by atoms with Gasteiger partial charge in [0.2, 0.25) is 5.91 Å². The van der Waals surface area contributed by atoms with Crippen LogP contribution in [-0.2, 0) is 9.59 Å². The summed E-state index contributed by atoms with van der Waals surface area (Å²) in [5.74, 6) is -1.40. The van der Waals surface area contributed by atoms with E-state index in [-0.39, 0.29) is 17.9 Å². The van der Waals surface area contributed by atoms with E-state index in [9.17, 15) is 22.8 Å². The summed E-state index contributed by atoms with van der Waals surface area (Å²) in [4.78, 5) is 21.3. The van der Waals surface area contributed by atoms with Crippen LogP contribution < -0.4 is 5.32 Å². The Balaban J connectivity index is 3.76. The summed E-state index contributed by atoms with van der Waals surface area (Å²) in [6.45, 7) is 1.18. The lowest BCUT2D eigenvalue weighted by Gasteiger charge is -2.12. The van der Waals surface area contributed by atoms with E-state index < -0.39 is 30.5 Å². The van der Waals surface area contributed by atoms with E-state index in [1.807, 2.05) is 0 Å². The molecule has 0 aliphatic rings. The molecule has 1 amide bonds. The number of rotatable bonds is 7. The first kappa shape index (κ1) is 16.1. The molecular weight excluding hydrogens is 259 g/mol. The van der Waals surface area contributed by atoms with Gasteiger partial charge in [-0.05, 0) is 12.2 Å². The van der Waals surface area contributed by atoms with Gasteiger partial charge in [-0.3, -0.25) is 4.79 Å². The lowest BCUT2D eigenvalue weighted by Crippen LogP contribution is -2.41. The average Bonchev–Trinajstić information content (AvgIpc) is 2.12. The monoisotopic (exact) mass is 273 g/mol. The summed E-state index contributed by atoms with van der Waals surface area (Å²) in [7, 11) is 0. The number of carboxylic acids is 1. The number of amides is 1. The zero-order valence-corrected chi connectivity index (χ0v) is 10.0. The van der Waals surface area contributed by atoms with Crippen molar-refractivity contribution in [3.05, 3.63) is 0 Å². The van der Waals surface area contributed by atoms with Gasteiger partial charge in [0, 0.05) is 19.1 Å². The first-order valence-electron chi connectivity index (χ1n) is 4.87. The van der Waals surface area contributed by atoms with Crippen LogP contribution in [0.3, 0.4) is 0 Å². The van der Waals surface area contributed by atoms with E-state index >= 15 is 0 Å². The van der Waals surface area contributed by atoms with Crippen LogP contribution in [0.25, 0.3) is 0 Å². The molecule has 0 saturated heterocycles. The third-order valence-electron chi connectivity index (χ3n) is 1.71. The van der Waals surface area contributed by atoms with Crippen LogP contribution in [0.2, 0.25) is 0 Å². The molecule has 0 bridgehead atoms. The minimum Gasteiger partial charge on any atom is -0.480 e. The lowest BCUT2D eigenvalue weighted by molar-refractivity contribution is -0.140. The van der Waals surface area contributed by atoms with E-state index in [0.717, 1.165) is 11.8 Å². The third kappa shape index (κ3) is 9.98. The maximum Gasteiger partial charge on any atom is 0.389 e. The maximum atomic E-state index is 11.8. The van der Waals surface area contributed by atoms with Crippen LogP contribution >= 0.6 is 11.8 Å². The van der Waals surface area contributed by atoms with E-state index in [1.54, 1.807) is 0 Å². The number of carboxylic acid groups (broad SMARTS) is 1. The molecule has 0 aromatic rings. The topological polar surface area (TPSA) is 66.4 Å². The number of thioether (sulfide) groups is 1. The van der Waals surface area contributed by atoms with Crippen molar-refractivity contribution in [3.8, 4) is 0 Å². The second-order valence-electron chi connectivity index (χ2n) is 3.38. The molecule has 0 aliphatic heterocycles. The highest BCUT2D eigenvalue weighted by Gasteiger charge is 2.26. The summed E-state index contributed by atoms with van der Waals surface area (Å²) in [6.07, 6.45) is -5.11. The Morgan fingerprint density at radius 1 is 1.41 bits per heavy atom. The molecule has 4 nitrogen and oxygen atoms in total. The number of alkyl halides is 3. The Kier molecular flexibility index (Phi) is 7.01. The minimum absolute atomic E-state index is 0.0550. The zero-order valence-electron chi connectivity index (χ0n) is 9.21. The Labute approximate surface area is 101 Å². The van der Waals surface area contributed by atoms with Gasteiger partial charge >= 0.3 is 12.1 Å². The Morgan fingerprint density at radius 3 is 2.41 bits per heavy atom. The number of hydrogen-bond acceptors (Lipinski definition) is 3. The number of carbonyl (C=O) groups excluding carboxylic acids is 1. The highest BCUT2D eigenvalue weighted by molar-refractivity contribution is 7.99. The van der Waals surface area contributed by atoms with Gasteiger partial charge in [0.05, 0.1) is 0 Å². The van der Waals surface area contributed by atoms with Crippen molar-refractivity contribution in [2.45, 2.75) is 32.0 Å². The van der Waals surface area contributed by atoms with Gasteiger partial charge in [0.25, 0.3) is 0 Å². The van der Waals surface area contributed by atoms with Gasteiger partial charge in [0.1, 0.15) is 6.04 Å². The fraction of sp³-hybridized carbons (Fsp3) is 0.778. The first-order chi connectivity index (χ1) is 7.72. The summed E-state index contributed by atoms with van der Waals surface area (Å²) in [5.41, 5.74) is 0. The van der Waals surface area contributed by atoms with E-state index in [0.29, 0.717) is 0 Å². The molecule has 17 heavy (non-hydrogen) atoms. The number of nitrogens with one attached hydrogen (secondary N) is 1. The predicted octanol–water partition coefficient (Wildman–Crippen LogP) is 1.65. The fourth-order valence-electron chi connectivity index (χ4n) is 0.996. The van der Waals surface area contributed by atoms with Crippen LogP contribution in [-0.4, -0.2) is 40.7 Å². The van der Waals surface area contributed by atoms with Crippen molar-refractivity contribution in [3.63, 3.8) is 0 Å². The number of aliphatic carboxylic acids is 1. The number of carbonyl (C=O) groups is 2. The SMILES string of the molecule is CC(=O)NC(CSCCCC(F)(F)F)C(=O)O. The quantitative estimate of drug-likeness (QED) is 0.692. The summed E-state index contributed by atoms with van der Waals surface area (Å²) in [5, 5.41) is 10.9. The average molecular weight is 273 g/mol. The molecular formula is C9H14F3NO3S. The van der Waals surface area contributed by atoms with Crippen LogP contribution in [0.4, 0.5) is 13.2 Å². The Morgan fingerprint density at radius 2 is 2.00 bits per heavy atom. The van der Waals surface area contributed by atoms with Crippen molar-refractivity contribution < 1.29 is 27.9 Å². The second kappa shape index (κ2) is 7.41. The van der Waals surface area contributed by atoms with Crippen molar-refractivity contribution in [2.75, 3.05) is 11.5 Å². The molecule has 0 heterocycles. The summed E-state index contributed by atoms with van der Waals surface area (Å²) >= 11 is 1.08. The Bertz CT molecular complexity index is 271. The van der Waals surface area contributed by atoms with Crippen molar-refractivity contribution in [1.82, 2.24) is 5.32 Å². The molecule has 0 aromatic carbocycles. The molecule has 0 spiro atoms. The predicted molar refractivity (Wildman–Crippen MR) is 57.9 cm³/mol. The molecule has 1 unspecified atom stereocenters. The van der Waals surface area contributed by atoms with Gasteiger partial charge in [-0.25, -0.2) is 4.79 Å². The zero-order chi connectivity index (χ0) is 13.5. The second-order valence-corrected chi connectivity index (χ2v) is 4.53. The molecule has 0 rings (SSSR count). The van der Waals surface area contributed by atoms with E-state index in [4.69, 9.17) is 5.11 Å². The number of hydrogen-bond donors (Lipinski definition) is 2. The highest BCUT2D eigenvalue weighted by Crippen LogP contribution is 2.22. The maximum absolute atomic E-state index is 11.8. The van der Waals surface area contributed by atoms with E-state index in [2.05, 4.69) is 5.32 Å². The molecule has 100 valence electrons. The fourth-order valence-corrected chi connectivity index (χ4v) is 1.97. The minimum atomic E-state index is -4.18. The normalized spacial score (nSPS) is 13.2. The standard InChI is InChI=1S/C9H14F3NO3S/c1-6(14)13-7(8(15)16)5-17-4-2-3-9(10,11)12/h7H,2-5H2,1H3,(H,13,14)(H,15,16). The molecule has 1 atom stereocenters. The molecule has 0 aliphatic carbocycles. The largest absolute Gasteiger partial charge is 0.480 e. The van der Waals surface area contributed by atoms with Gasteiger partial charge in [0.15, 0.2) is 0 Å². The van der Waals surface area contributed by atoms with Crippen LogP contribution in [0.5, 0.6) is 0 Å². The molecule has 0 fully saturated rings. The first-order valence-corrected chi connectivity index (χ1v) is 6.02. The molecule has 0 radical (unpaired) electrons. The molecule has 8 heteroatoms. The van der Waals surface area contributed by atoms with Crippen LogP contribution in [0.1, 0.15) is 19.8 Å². The summed E-state index contributed by atoms with van der Waals surface area (Å²) < 4.78 is 35.3. The smallest absolute Gasteiger partial charge is 0.389 e. The van der Waals surface area contributed by atoms with Gasteiger partial charge in [-0.2, -0.15) is 24.9 Å². The van der Waals surface area contributed by atoms with Crippen molar-refractivity contribution in [2.24, 2.45) is 0 Å². The van der Waals surface area contributed by atoms with Gasteiger partial charge in [-0.15, -0.1) is 0 Å². The molecule has 0 aromatic heterocycles. The lowest BCUT2D eigenvalue weighted by atomic mass is 10.3. The van der Waals surface area contributed by atoms with E-state index in [1.165, 1.54) is 6.92 Å². The van der Waals surface area contributed by atoms with Crippen molar-refractivity contribution in [1.29, 1.82) is 0 Å². The van der Waals surface area contributed by atoms with Gasteiger partial charge < -0.3 is 10.4 Å². The van der Waals surface area contributed by atoms with Crippen molar-refractivity contribution >= 4 is 23.6 Å². The van der Waals surface area contributed by atoms with Crippen LogP contribution in [0.15, 0.2) is 0 Å². The summed E-state index contributed by atoms with van der Waals surface area (Å²) in [6, 6.07) is -1.05. The third-order valence-corrected chi connectivity index (χ3v) is 2.86. The molecule has 0 saturated carbocycles. The molecule has 2 N–H and O–H groups in total.